The summed E-state index contributed by atoms with van der Waals surface area (Å²) >= 11 is 0. The highest BCUT2D eigenvalue weighted by Gasteiger charge is 2.44. The van der Waals surface area contributed by atoms with Gasteiger partial charge in [-0.2, -0.15) is 0 Å². The highest BCUT2D eigenvalue weighted by Crippen LogP contribution is 2.24. The van der Waals surface area contributed by atoms with E-state index in [2.05, 4.69) is 43.5 Å². The Kier molecular flexibility index (Phi) is 63.6. The Balaban J connectivity index is 2.04. The largest absolute Gasteiger partial charge is 0.394 e. The highest BCUT2D eigenvalue weighted by molar-refractivity contribution is 5.76. The van der Waals surface area contributed by atoms with E-state index in [9.17, 15) is 30.3 Å². The average molecular weight is 1220 g/mol. The van der Waals surface area contributed by atoms with Gasteiger partial charge in [-0.05, 0) is 44.9 Å². The van der Waals surface area contributed by atoms with Crippen molar-refractivity contribution in [3.8, 4) is 0 Å². The topological polar surface area (TPSA) is 149 Å². The molecule has 9 heteroatoms. The summed E-state index contributed by atoms with van der Waals surface area (Å²) in [5.74, 6) is -0.183. The van der Waals surface area contributed by atoms with Crippen molar-refractivity contribution < 1.29 is 39.8 Å². The summed E-state index contributed by atoms with van der Waals surface area (Å²) in [6, 6.07) is -0.828. The third-order valence-corrected chi connectivity index (χ3v) is 18.4. The number of carbonyl (C=O) groups is 1. The molecule has 86 heavy (non-hydrogen) atoms. The van der Waals surface area contributed by atoms with Gasteiger partial charge in [0.25, 0.3) is 0 Å². The van der Waals surface area contributed by atoms with Gasteiger partial charge in [-0.1, -0.05) is 378 Å². The van der Waals surface area contributed by atoms with Gasteiger partial charge in [-0.3, -0.25) is 4.79 Å². The molecule has 1 amide bonds. The molecule has 1 heterocycles. The highest BCUT2D eigenvalue weighted by atomic mass is 16.7. The quantitative estimate of drug-likeness (QED) is 0.0261. The van der Waals surface area contributed by atoms with Crippen LogP contribution < -0.4 is 5.32 Å². The van der Waals surface area contributed by atoms with Crippen LogP contribution in [-0.4, -0.2) is 87.5 Å². The van der Waals surface area contributed by atoms with Crippen LogP contribution in [0.5, 0.6) is 0 Å². The van der Waals surface area contributed by atoms with E-state index < -0.39 is 49.5 Å². The number of amides is 1. The van der Waals surface area contributed by atoms with E-state index in [1.54, 1.807) is 6.08 Å². The van der Waals surface area contributed by atoms with Crippen LogP contribution in [0.4, 0.5) is 0 Å². The standard InChI is InChI=1S/C77H147NO8/c1-3-5-7-9-11-13-15-17-19-21-23-25-27-28-29-30-31-32-33-34-35-36-37-38-39-40-41-42-43-44-45-47-49-51-53-55-57-59-61-63-65-67-73(81)78-70(69-85-77-76(84)75(83)74(82)72(68-79)86-77)71(80)66-64-62-60-58-56-54-52-50-48-46-26-24-22-20-18-16-14-12-10-8-6-4-2/h48,50,56,58,64,66,70-72,74-77,79-80,82-84H,3-47,49,51-55,57,59-63,65,67-69H2,1-2H3,(H,78,81)/b50-48+,58-56+,66-64+. The van der Waals surface area contributed by atoms with Crippen molar-refractivity contribution >= 4 is 5.91 Å². The molecule has 0 bridgehead atoms. The number of aliphatic hydroxyl groups excluding tert-OH is 5. The molecule has 0 spiro atoms. The second kappa shape index (κ2) is 66.3. The number of rotatable bonds is 68. The van der Waals surface area contributed by atoms with Crippen molar-refractivity contribution in [1.29, 1.82) is 0 Å². The van der Waals surface area contributed by atoms with E-state index in [0.29, 0.717) is 6.42 Å². The average Bonchev–Trinajstić information content (AvgIpc) is 2.43. The number of carbonyl (C=O) groups excluding carboxylic acids is 1. The smallest absolute Gasteiger partial charge is 0.220 e. The normalized spacial score (nSPS) is 18.2. The molecule has 0 aromatic carbocycles. The fourth-order valence-corrected chi connectivity index (χ4v) is 12.5. The van der Waals surface area contributed by atoms with Crippen LogP contribution in [0.15, 0.2) is 36.5 Å². The summed E-state index contributed by atoms with van der Waals surface area (Å²) in [4.78, 5) is 13.1. The van der Waals surface area contributed by atoms with Crippen LogP contribution in [0.1, 0.15) is 393 Å². The van der Waals surface area contributed by atoms with E-state index in [-0.39, 0.29) is 12.5 Å². The number of nitrogens with one attached hydrogen (secondary N) is 1. The lowest BCUT2D eigenvalue weighted by atomic mass is 9.99. The molecule has 1 aliphatic heterocycles. The lowest BCUT2D eigenvalue weighted by Gasteiger charge is -2.40. The summed E-state index contributed by atoms with van der Waals surface area (Å²) in [6.45, 7) is 3.81. The van der Waals surface area contributed by atoms with Gasteiger partial charge >= 0.3 is 0 Å². The molecule has 9 nitrogen and oxygen atoms in total. The first-order valence-electron chi connectivity index (χ1n) is 38.2. The van der Waals surface area contributed by atoms with Gasteiger partial charge in [0, 0.05) is 6.42 Å². The summed E-state index contributed by atoms with van der Waals surface area (Å²) in [6.07, 6.45) is 83.0. The Bertz CT molecular complexity index is 1450. The minimum absolute atomic E-state index is 0.183. The number of hydrogen-bond acceptors (Lipinski definition) is 8. The van der Waals surface area contributed by atoms with Crippen molar-refractivity contribution in [1.82, 2.24) is 5.32 Å². The number of unbranched alkanes of at least 4 members (excludes halogenated alkanes) is 54. The molecule has 0 radical (unpaired) electrons. The van der Waals surface area contributed by atoms with Crippen LogP contribution in [-0.2, 0) is 14.3 Å². The van der Waals surface area contributed by atoms with Crippen molar-refractivity contribution in [2.45, 2.75) is 436 Å². The maximum atomic E-state index is 13.1. The molecule has 1 rings (SSSR count). The Morgan fingerprint density at radius 1 is 0.384 bits per heavy atom. The van der Waals surface area contributed by atoms with Crippen molar-refractivity contribution in [2.75, 3.05) is 13.2 Å². The minimum atomic E-state index is -1.57. The van der Waals surface area contributed by atoms with Crippen LogP contribution >= 0.6 is 0 Å². The zero-order valence-electron chi connectivity index (χ0n) is 57.1. The van der Waals surface area contributed by atoms with Gasteiger partial charge in [-0.15, -0.1) is 0 Å². The van der Waals surface area contributed by atoms with Gasteiger partial charge in [0.05, 0.1) is 25.4 Å². The van der Waals surface area contributed by atoms with Crippen LogP contribution in [0, 0.1) is 0 Å². The molecule has 7 unspecified atom stereocenters. The fourth-order valence-electron chi connectivity index (χ4n) is 12.5. The van der Waals surface area contributed by atoms with Gasteiger partial charge in [0.2, 0.25) is 5.91 Å². The van der Waals surface area contributed by atoms with Gasteiger partial charge in [0.15, 0.2) is 6.29 Å². The number of allylic oxidation sites excluding steroid dienone is 5. The van der Waals surface area contributed by atoms with Gasteiger partial charge in [-0.25, -0.2) is 0 Å². The zero-order chi connectivity index (χ0) is 62.1. The summed E-state index contributed by atoms with van der Waals surface area (Å²) in [5, 5.41) is 54.7. The molecule has 0 saturated carbocycles. The van der Waals surface area contributed by atoms with Crippen LogP contribution in [0.3, 0.4) is 0 Å². The van der Waals surface area contributed by atoms with E-state index in [1.165, 1.54) is 327 Å². The number of hydrogen-bond donors (Lipinski definition) is 6. The Hall–Kier alpha value is -1.59. The molecule has 6 N–H and O–H groups in total. The van der Waals surface area contributed by atoms with E-state index in [4.69, 9.17) is 9.47 Å². The molecule has 1 saturated heterocycles. The number of aliphatic hydroxyl groups is 5. The molecule has 1 fully saturated rings. The summed E-state index contributed by atoms with van der Waals surface area (Å²) < 4.78 is 11.3. The fraction of sp³-hybridized carbons (Fsp3) is 0.909. The van der Waals surface area contributed by atoms with Crippen LogP contribution in [0.2, 0.25) is 0 Å². The van der Waals surface area contributed by atoms with E-state index >= 15 is 0 Å². The molecule has 1 aliphatic rings. The monoisotopic (exact) mass is 1210 g/mol. The molecular weight excluding hydrogens is 1070 g/mol. The molecule has 7 atom stereocenters. The Morgan fingerprint density at radius 3 is 0.977 bits per heavy atom. The molecule has 0 aliphatic carbocycles. The molecule has 508 valence electrons. The van der Waals surface area contributed by atoms with E-state index in [0.717, 1.165) is 44.9 Å². The maximum absolute atomic E-state index is 13.1. The SMILES string of the molecule is CCCCCCCCCCCCCC/C=C/CC/C=C/CC/C=C/C(O)C(COC1OC(CO)C(O)C(O)C1O)NC(=O)CCCCCCCCCCCCCCCCCCCCCCCCCCCCCCCCCCCCCCCCCCC. The van der Waals surface area contributed by atoms with Gasteiger partial charge in [0.1, 0.15) is 24.4 Å². The van der Waals surface area contributed by atoms with Crippen molar-refractivity contribution in [3.63, 3.8) is 0 Å². The lowest BCUT2D eigenvalue weighted by molar-refractivity contribution is -0.302. The van der Waals surface area contributed by atoms with E-state index in [1.807, 2.05) is 6.08 Å². The third-order valence-electron chi connectivity index (χ3n) is 18.4. The molecule has 0 aromatic rings. The third kappa shape index (κ3) is 54.2. The Labute approximate surface area is 533 Å². The molecule has 0 aromatic heterocycles. The number of ether oxygens (including phenoxy) is 2. The predicted octanol–water partition coefficient (Wildman–Crippen LogP) is 21.4. The first-order valence-corrected chi connectivity index (χ1v) is 38.2. The first-order chi connectivity index (χ1) is 42.3. The lowest BCUT2D eigenvalue weighted by Crippen LogP contribution is -2.60. The first kappa shape index (κ1) is 82.4. The maximum Gasteiger partial charge on any atom is 0.220 e. The zero-order valence-corrected chi connectivity index (χ0v) is 57.1. The van der Waals surface area contributed by atoms with Crippen LogP contribution in [0.25, 0.3) is 0 Å². The second-order valence-corrected chi connectivity index (χ2v) is 26.8. The summed E-state index contributed by atoms with van der Waals surface area (Å²) in [5.41, 5.74) is 0. The minimum Gasteiger partial charge on any atom is -0.394 e. The second-order valence-electron chi connectivity index (χ2n) is 26.8. The molecular formula is C77H147NO8. The predicted molar refractivity (Wildman–Crippen MR) is 369 cm³/mol. The summed E-state index contributed by atoms with van der Waals surface area (Å²) in [7, 11) is 0. The van der Waals surface area contributed by atoms with Crippen molar-refractivity contribution in [3.05, 3.63) is 36.5 Å². The van der Waals surface area contributed by atoms with Crippen molar-refractivity contribution in [2.24, 2.45) is 0 Å². The Morgan fingerprint density at radius 2 is 0.663 bits per heavy atom. The van der Waals surface area contributed by atoms with Gasteiger partial charge < -0.3 is 40.3 Å².